The van der Waals surface area contributed by atoms with E-state index in [0.717, 1.165) is 44.9 Å². The summed E-state index contributed by atoms with van der Waals surface area (Å²) in [6, 6.07) is 0. The van der Waals surface area contributed by atoms with Crippen LogP contribution in [-0.4, -0.2) is 234 Å². The first-order valence-electron chi connectivity index (χ1n) is 27.2. The molecule has 1 spiro atoms. The molecule has 5 aliphatic heterocycles. The first-order valence-corrected chi connectivity index (χ1v) is 27.2. The Morgan fingerprint density at radius 3 is 1.82 bits per heavy atom. The minimum Gasteiger partial charge on any atom is -0.396 e. The normalized spacial score (nSPS) is 58.2. The molecule has 0 aromatic carbocycles. The van der Waals surface area contributed by atoms with Gasteiger partial charge < -0.3 is 109 Å². The fourth-order valence-corrected chi connectivity index (χ4v) is 17.4. The van der Waals surface area contributed by atoms with Gasteiger partial charge in [-0.2, -0.15) is 0 Å². The van der Waals surface area contributed by atoms with Gasteiger partial charge in [0.05, 0.1) is 57.5 Å². The van der Waals surface area contributed by atoms with Crippen molar-refractivity contribution in [2.24, 2.45) is 50.2 Å². The predicted octanol–water partition coefficient (Wildman–Crippen LogP) is -2.10. The van der Waals surface area contributed by atoms with Crippen LogP contribution in [0.4, 0.5) is 0 Å². The van der Waals surface area contributed by atoms with Gasteiger partial charge in [-0.05, 0) is 98.2 Å². The van der Waals surface area contributed by atoms with Crippen molar-refractivity contribution >= 4 is 0 Å². The SMILES string of the molecule is CC1(C)CCC23COC4(CCC5C6(C)CCC(OC7OCC(OC8OC(CO)C(O)C(O)C8OC8OCC(O)C(O)C8O)C(O)C7OC7OC(CO)C(O)C(O)C7O)C(C)(CO)C6CCC5(C)C4(C)CC2O)C3C1. The Bertz CT molecular complexity index is 1990. The summed E-state index contributed by atoms with van der Waals surface area (Å²) in [5, 5.41) is 142. The number of rotatable bonds is 11. The minimum atomic E-state index is -1.91. The van der Waals surface area contributed by atoms with E-state index in [4.69, 9.17) is 42.6 Å². The highest BCUT2D eigenvalue weighted by Crippen LogP contribution is 2.80. The van der Waals surface area contributed by atoms with Crippen LogP contribution in [0.1, 0.15) is 106 Å². The quantitative estimate of drug-likeness (QED) is 0.0986. The van der Waals surface area contributed by atoms with Crippen LogP contribution in [0, 0.1) is 50.2 Å². The van der Waals surface area contributed by atoms with E-state index < -0.39 is 155 Å². The summed E-state index contributed by atoms with van der Waals surface area (Å²) in [7, 11) is 0. The summed E-state index contributed by atoms with van der Waals surface area (Å²) < 4.78 is 55.8. The molecule has 0 amide bonds. The Labute approximate surface area is 432 Å². The topological polar surface area (TPSA) is 346 Å². The van der Waals surface area contributed by atoms with Crippen LogP contribution in [0.25, 0.3) is 0 Å². The highest BCUT2D eigenvalue weighted by molar-refractivity contribution is 5.28. The molecule has 29 unspecified atom stereocenters. The third kappa shape index (κ3) is 8.39. The summed E-state index contributed by atoms with van der Waals surface area (Å²) in [5.74, 6) is 0.413. The fraction of sp³-hybridized carbons (Fsp3) is 1.00. The number of hydrogen-bond acceptors (Lipinski definition) is 22. The summed E-state index contributed by atoms with van der Waals surface area (Å²) in [6.45, 7) is 11.7. The van der Waals surface area contributed by atoms with Crippen LogP contribution in [0.5, 0.6) is 0 Å². The Morgan fingerprint density at radius 2 is 1.14 bits per heavy atom. The molecular weight excluding hydrogens is 977 g/mol. The highest BCUT2D eigenvalue weighted by atomic mass is 16.8. The molecule has 5 aliphatic carbocycles. The van der Waals surface area contributed by atoms with Crippen LogP contribution >= 0.6 is 0 Å². The second-order valence-electron chi connectivity index (χ2n) is 26.0. The molecule has 10 rings (SSSR count). The van der Waals surface area contributed by atoms with Gasteiger partial charge in [0.15, 0.2) is 25.2 Å². The van der Waals surface area contributed by atoms with Crippen LogP contribution < -0.4 is 0 Å². The Morgan fingerprint density at radius 1 is 0.514 bits per heavy atom. The zero-order chi connectivity index (χ0) is 53.5. The van der Waals surface area contributed by atoms with Crippen LogP contribution in [0.3, 0.4) is 0 Å². The van der Waals surface area contributed by atoms with E-state index in [1.165, 1.54) is 0 Å². The third-order valence-electron chi connectivity index (χ3n) is 22.0. The fourth-order valence-electron chi connectivity index (χ4n) is 17.4. The number of ether oxygens (including phenoxy) is 9. The van der Waals surface area contributed by atoms with E-state index in [1.807, 2.05) is 6.92 Å². The number of aliphatic hydroxyl groups is 13. The van der Waals surface area contributed by atoms with Gasteiger partial charge in [-0.15, -0.1) is 0 Å². The van der Waals surface area contributed by atoms with Gasteiger partial charge in [0.2, 0.25) is 0 Å². The Kier molecular flexibility index (Phi) is 15.2. The van der Waals surface area contributed by atoms with Crippen LogP contribution in [-0.2, 0) is 42.6 Å². The first-order chi connectivity index (χ1) is 34.8. The van der Waals surface area contributed by atoms with E-state index >= 15 is 0 Å². The van der Waals surface area contributed by atoms with Gasteiger partial charge >= 0.3 is 0 Å². The molecule has 0 radical (unpaired) electrons. The summed E-state index contributed by atoms with van der Waals surface area (Å²) in [4.78, 5) is 0. The van der Waals surface area contributed by atoms with Gasteiger partial charge in [-0.3, -0.25) is 0 Å². The van der Waals surface area contributed by atoms with Gasteiger partial charge in [-0.25, -0.2) is 0 Å². The molecule has 426 valence electrons. The molecule has 74 heavy (non-hydrogen) atoms. The zero-order valence-corrected chi connectivity index (χ0v) is 43.6. The van der Waals surface area contributed by atoms with Crippen molar-refractivity contribution in [2.45, 2.75) is 234 Å². The molecule has 5 heterocycles. The molecular formula is C52H86O22. The Hall–Kier alpha value is -0.880. The Balaban J connectivity index is 0.912. The smallest absolute Gasteiger partial charge is 0.187 e. The molecule has 10 fully saturated rings. The maximum atomic E-state index is 12.4. The van der Waals surface area contributed by atoms with Crippen LogP contribution in [0.2, 0.25) is 0 Å². The standard InChI is InChI=1S/C52H86O22/c1-46(2)13-14-51-22-68-52(29(51)15-46)12-8-28-47(3)10-9-31(48(4,21-55)27(47)7-11-49(28,5)50(52,6)16-30(51)57)72-44-40(74-43-39(65)36(62)33(59)24(17-53)69-43)35(61)26(20-67-44)71-45-41(37(63)34(60)25(18-54)70-45)73-42-38(64)32(58)23(56)19-66-42/h23-45,53-65H,7-22H2,1-6H3. The molecule has 0 aromatic rings. The van der Waals surface area contributed by atoms with Gasteiger partial charge in [-0.1, -0.05) is 41.5 Å². The lowest BCUT2D eigenvalue weighted by molar-refractivity contribution is -0.393. The lowest BCUT2D eigenvalue weighted by atomic mass is 9.30. The van der Waals surface area contributed by atoms with Crippen molar-refractivity contribution in [3.63, 3.8) is 0 Å². The number of fused-ring (bicyclic) bond motifs is 4. The zero-order valence-electron chi connectivity index (χ0n) is 43.6. The lowest BCUT2D eigenvalue weighted by Crippen LogP contribution is -2.74. The van der Waals surface area contributed by atoms with Crippen molar-refractivity contribution in [2.75, 3.05) is 39.6 Å². The molecule has 13 N–H and O–H groups in total. The monoisotopic (exact) mass is 1060 g/mol. The summed E-state index contributed by atoms with van der Waals surface area (Å²) in [6.07, 6.45) is -23.2. The molecule has 22 heteroatoms. The average molecular weight is 1060 g/mol. The van der Waals surface area contributed by atoms with Gasteiger partial charge in [0.25, 0.3) is 0 Å². The predicted molar refractivity (Wildman–Crippen MR) is 252 cm³/mol. The number of aliphatic hydroxyl groups excluding tert-OH is 13. The van der Waals surface area contributed by atoms with E-state index in [-0.39, 0.29) is 57.0 Å². The molecule has 29 atom stereocenters. The van der Waals surface area contributed by atoms with E-state index in [1.54, 1.807) is 0 Å². The largest absolute Gasteiger partial charge is 0.396 e. The highest BCUT2D eigenvalue weighted by Gasteiger charge is 2.80. The van der Waals surface area contributed by atoms with Crippen molar-refractivity contribution in [3.05, 3.63) is 0 Å². The van der Waals surface area contributed by atoms with Gasteiger partial charge in [0, 0.05) is 16.2 Å². The van der Waals surface area contributed by atoms with E-state index in [2.05, 4.69) is 34.6 Å². The first kappa shape index (κ1) is 56.4. The van der Waals surface area contributed by atoms with Crippen molar-refractivity contribution in [1.29, 1.82) is 0 Å². The second kappa shape index (κ2) is 20.0. The average Bonchev–Trinajstić information content (AvgIpc) is 3.64. The molecule has 22 nitrogen and oxygen atoms in total. The number of hydrogen-bond donors (Lipinski definition) is 13. The lowest BCUT2D eigenvalue weighted by Gasteiger charge is -2.75. The van der Waals surface area contributed by atoms with E-state index in [0.29, 0.717) is 25.9 Å². The maximum Gasteiger partial charge on any atom is 0.187 e. The van der Waals surface area contributed by atoms with E-state index in [9.17, 15) is 66.4 Å². The molecule has 2 bridgehead atoms. The summed E-state index contributed by atoms with van der Waals surface area (Å²) >= 11 is 0. The molecule has 0 aromatic heterocycles. The minimum absolute atomic E-state index is 0.0627. The van der Waals surface area contributed by atoms with Crippen molar-refractivity contribution in [3.8, 4) is 0 Å². The maximum absolute atomic E-state index is 12.4. The second-order valence-corrected chi connectivity index (χ2v) is 26.0. The van der Waals surface area contributed by atoms with Crippen LogP contribution in [0.15, 0.2) is 0 Å². The van der Waals surface area contributed by atoms with Gasteiger partial charge in [0.1, 0.15) is 85.5 Å². The third-order valence-corrected chi connectivity index (χ3v) is 22.0. The van der Waals surface area contributed by atoms with Crippen molar-refractivity contribution in [1.82, 2.24) is 0 Å². The summed E-state index contributed by atoms with van der Waals surface area (Å²) in [5.41, 5.74) is -2.12. The molecule has 5 saturated carbocycles. The molecule has 5 saturated heterocycles. The van der Waals surface area contributed by atoms with Crippen molar-refractivity contribution < 1.29 is 109 Å². The molecule has 10 aliphatic rings.